The monoisotopic (exact) mass is 459 g/mol. The summed E-state index contributed by atoms with van der Waals surface area (Å²) in [5, 5.41) is 3.25. The van der Waals surface area contributed by atoms with Crippen molar-refractivity contribution in [1.29, 1.82) is 0 Å². The van der Waals surface area contributed by atoms with E-state index in [1.54, 1.807) is 18.3 Å². The molecule has 0 unspecified atom stereocenters. The minimum Gasteiger partial charge on any atom is -0.349 e. The second-order valence-electron chi connectivity index (χ2n) is 9.56. The SMILES string of the molecule is CCn1cc(C(=O)NC2CCCC2)c(=O)c2cc(S(=O)(=O)N3C[C@H](C)C[C@@H](C)C3)ccc21. The lowest BCUT2D eigenvalue weighted by Crippen LogP contribution is -2.42. The van der Waals surface area contributed by atoms with Crippen LogP contribution in [0.3, 0.4) is 0 Å². The lowest BCUT2D eigenvalue weighted by Gasteiger charge is -2.34. The van der Waals surface area contributed by atoms with E-state index in [1.807, 2.05) is 11.5 Å². The smallest absolute Gasteiger partial charge is 0.256 e. The third-order valence-electron chi connectivity index (χ3n) is 6.80. The predicted octanol–water partition coefficient (Wildman–Crippen LogP) is 3.36. The molecule has 1 aliphatic heterocycles. The summed E-state index contributed by atoms with van der Waals surface area (Å²) in [7, 11) is -3.72. The number of fused-ring (bicyclic) bond motifs is 1. The van der Waals surface area contributed by atoms with E-state index >= 15 is 0 Å². The quantitative estimate of drug-likeness (QED) is 0.743. The molecule has 0 bridgehead atoms. The van der Waals surface area contributed by atoms with E-state index in [0.717, 1.165) is 32.1 Å². The first kappa shape index (κ1) is 23.0. The largest absolute Gasteiger partial charge is 0.349 e. The maximum Gasteiger partial charge on any atom is 0.256 e. The van der Waals surface area contributed by atoms with Crippen LogP contribution in [0, 0.1) is 11.8 Å². The summed E-state index contributed by atoms with van der Waals surface area (Å²) in [4.78, 5) is 26.3. The van der Waals surface area contributed by atoms with E-state index in [-0.39, 0.29) is 39.6 Å². The highest BCUT2D eigenvalue weighted by molar-refractivity contribution is 7.89. The van der Waals surface area contributed by atoms with Gasteiger partial charge in [0.25, 0.3) is 5.91 Å². The summed E-state index contributed by atoms with van der Waals surface area (Å²) in [6.07, 6.45) is 6.61. The fraction of sp³-hybridized carbons (Fsp3) is 0.583. The third kappa shape index (κ3) is 4.35. The number of aryl methyl sites for hydroxylation is 1. The molecule has 1 aromatic carbocycles. The molecule has 1 saturated heterocycles. The molecule has 7 nitrogen and oxygen atoms in total. The van der Waals surface area contributed by atoms with Gasteiger partial charge in [0.2, 0.25) is 15.5 Å². The van der Waals surface area contributed by atoms with Gasteiger partial charge in [0.15, 0.2) is 0 Å². The Labute approximate surface area is 189 Å². The maximum absolute atomic E-state index is 13.4. The predicted molar refractivity (Wildman–Crippen MR) is 125 cm³/mol. The van der Waals surface area contributed by atoms with Crippen LogP contribution in [0.2, 0.25) is 0 Å². The van der Waals surface area contributed by atoms with Gasteiger partial charge in [-0.3, -0.25) is 9.59 Å². The Balaban J connectivity index is 1.76. The average molecular weight is 460 g/mol. The van der Waals surface area contributed by atoms with E-state index in [1.165, 1.54) is 10.4 Å². The Kier molecular flexibility index (Phi) is 6.45. The molecule has 2 heterocycles. The van der Waals surface area contributed by atoms with Crippen molar-refractivity contribution in [3.63, 3.8) is 0 Å². The van der Waals surface area contributed by atoms with Crippen LogP contribution in [0.15, 0.2) is 34.1 Å². The molecule has 1 aromatic heterocycles. The van der Waals surface area contributed by atoms with Gasteiger partial charge < -0.3 is 9.88 Å². The van der Waals surface area contributed by atoms with Crippen LogP contribution >= 0.6 is 0 Å². The zero-order chi connectivity index (χ0) is 23.0. The Hall–Kier alpha value is -2.19. The molecule has 174 valence electrons. The van der Waals surface area contributed by atoms with Crippen LogP contribution < -0.4 is 10.7 Å². The summed E-state index contributed by atoms with van der Waals surface area (Å²) in [5.74, 6) is 0.201. The van der Waals surface area contributed by atoms with Crippen molar-refractivity contribution in [2.45, 2.75) is 70.4 Å². The molecule has 2 atom stereocenters. The number of sulfonamides is 1. The van der Waals surface area contributed by atoms with E-state index in [4.69, 9.17) is 0 Å². The number of benzene rings is 1. The molecule has 1 N–H and O–H groups in total. The molecule has 0 radical (unpaired) electrons. The molecule has 8 heteroatoms. The van der Waals surface area contributed by atoms with E-state index < -0.39 is 15.5 Å². The van der Waals surface area contributed by atoms with Gasteiger partial charge in [0.05, 0.1) is 10.4 Å². The molecule has 2 aromatic rings. The zero-order valence-corrected chi connectivity index (χ0v) is 20.0. The van der Waals surface area contributed by atoms with Crippen LogP contribution in [-0.4, -0.2) is 42.3 Å². The van der Waals surface area contributed by atoms with Gasteiger partial charge in [-0.2, -0.15) is 4.31 Å². The first-order valence-corrected chi connectivity index (χ1v) is 13.1. The van der Waals surface area contributed by atoms with E-state index in [9.17, 15) is 18.0 Å². The highest BCUT2D eigenvalue weighted by Gasteiger charge is 2.32. The lowest BCUT2D eigenvalue weighted by molar-refractivity contribution is 0.0936. The number of carbonyl (C=O) groups excluding carboxylic acids is 1. The van der Waals surface area contributed by atoms with Crippen molar-refractivity contribution in [3.8, 4) is 0 Å². The molecule has 0 spiro atoms. The van der Waals surface area contributed by atoms with Crippen LogP contribution in [0.1, 0.15) is 63.2 Å². The van der Waals surface area contributed by atoms with Gasteiger partial charge in [-0.1, -0.05) is 26.7 Å². The summed E-state index contributed by atoms with van der Waals surface area (Å²) < 4.78 is 30.1. The minimum atomic E-state index is -3.72. The lowest BCUT2D eigenvalue weighted by atomic mass is 9.94. The number of carbonyl (C=O) groups is 1. The second-order valence-corrected chi connectivity index (χ2v) is 11.5. The Bertz CT molecular complexity index is 1170. The molecule has 1 saturated carbocycles. The van der Waals surface area contributed by atoms with Crippen LogP contribution in [0.5, 0.6) is 0 Å². The van der Waals surface area contributed by atoms with E-state index in [0.29, 0.717) is 25.2 Å². The number of nitrogens with zero attached hydrogens (tertiary/aromatic N) is 2. The fourth-order valence-corrected chi connectivity index (χ4v) is 6.95. The number of nitrogens with one attached hydrogen (secondary N) is 1. The van der Waals surface area contributed by atoms with Crippen molar-refractivity contribution in [3.05, 3.63) is 40.2 Å². The second kappa shape index (κ2) is 8.98. The Morgan fingerprint density at radius 3 is 2.41 bits per heavy atom. The van der Waals surface area contributed by atoms with Crippen LogP contribution in [0.4, 0.5) is 0 Å². The number of hydrogen-bond acceptors (Lipinski definition) is 4. The van der Waals surface area contributed by atoms with Crippen molar-refractivity contribution >= 4 is 26.8 Å². The summed E-state index contributed by atoms with van der Waals surface area (Å²) in [6, 6.07) is 4.81. The van der Waals surface area contributed by atoms with Crippen molar-refractivity contribution in [1.82, 2.24) is 14.2 Å². The van der Waals surface area contributed by atoms with Crippen molar-refractivity contribution in [2.24, 2.45) is 11.8 Å². The summed E-state index contributed by atoms with van der Waals surface area (Å²) >= 11 is 0. The van der Waals surface area contributed by atoms with Gasteiger partial charge in [-0.05, 0) is 56.2 Å². The molecule has 1 amide bonds. The zero-order valence-electron chi connectivity index (χ0n) is 19.1. The molecule has 4 rings (SSSR count). The van der Waals surface area contributed by atoms with Crippen LogP contribution in [0.25, 0.3) is 10.9 Å². The number of aromatic nitrogens is 1. The Morgan fingerprint density at radius 1 is 1.12 bits per heavy atom. The van der Waals surface area contributed by atoms with Gasteiger partial charge in [0.1, 0.15) is 5.56 Å². The summed E-state index contributed by atoms with van der Waals surface area (Å²) in [5.41, 5.74) is 0.285. The van der Waals surface area contributed by atoms with E-state index in [2.05, 4.69) is 19.2 Å². The normalized spacial score (nSPS) is 23.0. The molecular formula is C24H33N3O4S. The number of rotatable bonds is 5. The molecule has 1 aliphatic carbocycles. The highest BCUT2D eigenvalue weighted by atomic mass is 32.2. The molecule has 2 aliphatic rings. The minimum absolute atomic E-state index is 0.0704. The topological polar surface area (TPSA) is 88.5 Å². The van der Waals surface area contributed by atoms with Gasteiger partial charge in [0, 0.05) is 37.3 Å². The van der Waals surface area contributed by atoms with Crippen molar-refractivity contribution < 1.29 is 13.2 Å². The average Bonchev–Trinajstić information content (AvgIpc) is 3.26. The standard InChI is InChI=1S/C24H33N3O4S/c1-4-26-15-21(24(29)25-18-7-5-6-8-18)23(28)20-12-19(9-10-22(20)26)32(30,31)27-13-16(2)11-17(3)14-27/h9-10,12,15-18H,4-8,11,13-14H2,1-3H3,(H,25,29)/t16-,17-/m1/s1. The molecule has 32 heavy (non-hydrogen) atoms. The highest BCUT2D eigenvalue weighted by Crippen LogP contribution is 2.28. The number of pyridine rings is 1. The molecule has 2 fully saturated rings. The fourth-order valence-electron chi connectivity index (χ4n) is 5.24. The Morgan fingerprint density at radius 2 is 1.78 bits per heavy atom. The van der Waals surface area contributed by atoms with Gasteiger partial charge >= 0.3 is 0 Å². The molecular weight excluding hydrogens is 426 g/mol. The maximum atomic E-state index is 13.4. The van der Waals surface area contributed by atoms with Gasteiger partial charge in [-0.25, -0.2) is 8.42 Å². The number of amides is 1. The van der Waals surface area contributed by atoms with Gasteiger partial charge in [-0.15, -0.1) is 0 Å². The van der Waals surface area contributed by atoms with Crippen molar-refractivity contribution in [2.75, 3.05) is 13.1 Å². The summed E-state index contributed by atoms with van der Waals surface area (Å²) in [6.45, 7) is 7.58. The first-order valence-electron chi connectivity index (χ1n) is 11.7. The number of hydrogen-bond donors (Lipinski definition) is 1. The first-order chi connectivity index (χ1) is 15.2. The number of piperidine rings is 1. The van der Waals surface area contributed by atoms with Crippen LogP contribution in [-0.2, 0) is 16.6 Å². The third-order valence-corrected chi connectivity index (χ3v) is 8.63.